The van der Waals surface area contributed by atoms with Crippen molar-refractivity contribution in [3.63, 3.8) is 0 Å². The minimum Gasteiger partial charge on any atom is -0.370 e. The summed E-state index contributed by atoms with van der Waals surface area (Å²) in [5.74, 6) is 2.53. The molecule has 4 nitrogen and oxygen atoms in total. The molecule has 0 aliphatic rings. The molecule has 1 aromatic heterocycles. The Hall–Kier alpha value is -1.75. The lowest BCUT2D eigenvalue weighted by molar-refractivity contribution is 0.939. The molecule has 20 heavy (non-hydrogen) atoms. The molecule has 5 heteroatoms. The van der Waals surface area contributed by atoms with Crippen LogP contribution in [0.1, 0.15) is 19.7 Å². The van der Waals surface area contributed by atoms with Crippen molar-refractivity contribution >= 4 is 29.1 Å². The summed E-state index contributed by atoms with van der Waals surface area (Å²) in [4.78, 5) is 10.2. The zero-order valence-electron chi connectivity index (χ0n) is 12.1. The van der Waals surface area contributed by atoms with Crippen molar-refractivity contribution in [1.82, 2.24) is 9.97 Å². The molecule has 0 spiro atoms. The molecule has 0 radical (unpaired) electrons. The maximum absolute atomic E-state index is 4.50. The van der Waals surface area contributed by atoms with E-state index in [9.17, 15) is 0 Å². The highest BCUT2D eigenvalue weighted by molar-refractivity contribution is 7.98. The molecule has 1 aromatic carbocycles. The van der Waals surface area contributed by atoms with Gasteiger partial charge in [-0.3, -0.25) is 0 Å². The lowest BCUT2D eigenvalue weighted by atomic mass is 10.3. The number of aromatic nitrogens is 2. The largest absolute Gasteiger partial charge is 0.370 e. The number of benzene rings is 1. The molecule has 0 bridgehead atoms. The molecule has 2 rings (SSSR count). The van der Waals surface area contributed by atoms with Gasteiger partial charge < -0.3 is 10.6 Å². The lowest BCUT2D eigenvalue weighted by Crippen LogP contribution is -2.05. The molecular weight excluding hydrogens is 268 g/mol. The Labute approximate surface area is 124 Å². The van der Waals surface area contributed by atoms with Crippen LogP contribution in [-0.4, -0.2) is 22.8 Å². The Morgan fingerprint density at radius 3 is 2.35 bits per heavy atom. The van der Waals surface area contributed by atoms with Gasteiger partial charge in [0.15, 0.2) is 0 Å². The summed E-state index contributed by atoms with van der Waals surface area (Å²) in [6.45, 7) is 4.96. The van der Waals surface area contributed by atoms with Gasteiger partial charge in [-0.05, 0) is 37.4 Å². The number of hydrogen-bond acceptors (Lipinski definition) is 5. The van der Waals surface area contributed by atoms with E-state index < -0.39 is 0 Å². The fourth-order valence-corrected chi connectivity index (χ4v) is 2.22. The third-order valence-electron chi connectivity index (χ3n) is 2.81. The van der Waals surface area contributed by atoms with Crippen molar-refractivity contribution in [2.24, 2.45) is 0 Å². The topological polar surface area (TPSA) is 49.8 Å². The van der Waals surface area contributed by atoms with Crippen LogP contribution >= 0.6 is 11.8 Å². The standard InChI is InChI=1S/C15H20N4S/c1-4-13-18-14(16-5-2)10-15(19-13)17-11-6-8-12(20-3)9-7-11/h6-10H,4-5H2,1-3H3,(H2,16,17,18,19). The second-order valence-electron chi connectivity index (χ2n) is 4.29. The lowest BCUT2D eigenvalue weighted by Gasteiger charge is -2.10. The molecule has 0 atom stereocenters. The van der Waals surface area contributed by atoms with Crippen LogP contribution in [0.25, 0.3) is 0 Å². The van der Waals surface area contributed by atoms with Gasteiger partial charge >= 0.3 is 0 Å². The Balaban J connectivity index is 2.20. The van der Waals surface area contributed by atoms with Crippen molar-refractivity contribution in [1.29, 1.82) is 0 Å². The van der Waals surface area contributed by atoms with E-state index in [4.69, 9.17) is 0 Å². The van der Waals surface area contributed by atoms with Crippen molar-refractivity contribution in [2.45, 2.75) is 25.2 Å². The third kappa shape index (κ3) is 3.87. The Morgan fingerprint density at radius 1 is 1.05 bits per heavy atom. The highest BCUT2D eigenvalue weighted by Gasteiger charge is 2.03. The first kappa shape index (κ1) is 14.7. The molecule has 0 aliphatic carbocycles. The molecule has 0 aliphatic heterocycles. The molecule has 0 saturated heterocycles. The average Bonchev–Trinajstić information content (AvgIpc) is 2.48. The Bertz CT molecular complexity index is 554. The second kappa shape index (κ2) is 7.14. The number of nitrogens with one attached hydrogen (secondary N) is 2. The summed E-state index contributed by atoms with van der Waals surface area (Å²) in [5, 5.41) is 6.56. The molecule has 0 unspecified atom stereocenters. The predicted molar refractivity (Wildman–Crippen MR) is 87.1 cm³/mol. The minimum absolute atomic E-state index is 0.819. The molecule has 2 aromatic rings. The van der Waals surface area contributed by atoms with Gasteiger partial charge in [0.25, 0.3) is 0 Å². The van der Waals surface area contributed by atoms with Crippen LogP contribution in [0.4, 0.5) is 17.3 Å². The van der Waals surface area contributed by atoms with Crippen molar-refractivity contribution < 1.29 is 0 Å². The van der Waals surface area contributed by atoms with Crippen LogP contribution in [0.15, 0.2) is 35.2 Å². The summed E-state index contributed by atoms with van der Waals surface area (Å²) in [7, 11) is 0. The number of rotatable bonds is 6. The molecule has 1 heterocycles. The number of nitrogens with zero attached hydrogens (tertiary/aromatic N) is 2. The third-order valence-corrected chi connectivity index (χ3v) is 3.55. The highest BCUT2D eigenvalue weighted by atomic mass is 32.2. The first-order valence-electron chi connectivity index (χ1n) is 6.78. The van der Waals surface area contributed by atoms with Gasteiger partial charge in [-0.2, -0.15) is 0 Å². The fourth-order valence-electron chi connectivity index (χ4n) is 1.81. The molecule has 106 valence electrons. The van der Waals surface area contributed by atoms with Crippen molar-refractivity contribution in [3.05, 3.63) is 36.2 Å². The van der Waals surface area contributed by atoms with E-state index >= 15 is 0 Å². The monoisotopic (exact) mass is 288 g/mol. The van der Waals surface area contributed by atoms with Crippen LogP contribution in [0, 0.1) is 0 Å². The zero-order chi connectivity index (χ0) is 14.4. The summed E-state index contributed by atoms with van der Waals surface area (Å²) in [6.07, 6.45) is 2.89. The number of thioether (sulfide) groups is 1. The average molecular weight is 288 g/mol. The van der Waals surface area contributed by atoms with Gasteiger partial charge in [0.05, 0.1) is 0 Å². The predicted octanol–water partition coefficient (Wildman–Crippen LogP) is 3.94. The SMILES string of the molecule is CCNc1cc(Nc2ccc(SC)cc2)nc(CC)n1. The van der Waals surface area contributed by atoms with E-state index in [0.717, 1.165) is 36.1 Å². The first-order chi connectivity index (χ1) is 9.75. The minimum atomic E-state index is 0.819. The fraction of sp³-hybridized carbons (Fsp3) is 0.333. The van der Waals surface area contributed by atoms with Crippen molar-refractivity contribution in [3.8, 4) is 0 Å². The summed E-state index contributed by atoms with van der Waals surface area (Å²) < 4.78 is 0. The van der Waals surface area contributed by atoms with Crippen LogP contribution in [0.2, 0.25) is 0 Å². The summed E-state index contributed by atoms with van der Waals surface area (Å²) >= 11 is 1.74. The second-order valence-corrected chi connectivity index (χ2v) is 5.17. The smallest absolute Gasteiger partial charge is 0.136 e. The zero-order valence-corrected chi connectivity index (χ0v) is 12.9. The molecule has 0 fully saturated rings. The quantitative estimate of drug-likeness (QED) is 0.789. The maximum Gasteiger partial charge on any atom is 0.136 e. The van der Waals surface area contributed by atoms with Gasteiger partial charge in [0, 0.05) is 29.6 Å². The van der Waals surface area contributed by atoms with Gasteiger partial charge in [-0.25, -0.2) is 9.97 Å². The normalized spacial score (nSPS) is 10.3. The Morgan fingerprint density at radius 2 is 1.75 bits per heavy atom. The maximum atomic E-state index is 4.50. The molecular formula is C15H20N4S. The first-order valence-corrected chi connectivity index (χ1v) is 8.00. The van der Waals surface area contributed by atoms with E-state index in [1.54, 1.807) is 11.8 Å². The highest BCUT2D eigenvalue weighted by Crippen LogP contribution is 2.21. The van der Waals surface area contributed by atoms with Crippen molar-refractivity contribution in [2.75, 3.05) is 23.4 Å². The van der Waals surface area contributed by atoms with Gasteiger partial charge in [0.2, 0.25) is 0 Å². The number of hydrogen-bond donors (Lipinski definition) is 2. The van der Waals surface area contributed by atoms with Crippen LogP contribution in [0.3, 0.4) is 0 Å². The van der Waals surface area contributed by atoms with E-state index in [0.29, 0.717) is 0 Å². The van der Waals surface area contributed by atoms with Gasteiger partial charge in [-0.15, -0.1) is 11.8 Å². The summed E-state index contributed by atoms with van der Waals surface area (Å²) in [6, 6.07) is 10.3. The van der Waals surface area contributed by atoms with Crippen LogP contribution in [0.5, 0.6) is 0 Å². The van der Waals surface area contributed by atoms with Gasteiger partial charge in [-0.1, -0.05) is 6.92 Å². The summed E-state index contributed by atoms with van der Waals surface area (Å²) in [5.41, 5.74) is 1.03. The van der Waals surface area contributed by atoms with Gasteiger partial charge in [0.1, 0.15) is 17.5 Å². The van der Waals surface area contributed by atoms with E-state index in [1.807, 2.05) is 6.07 Å². The number of anilines is 3. The number of aryl methyl sites for hydroxylation is 1. The Kier molecular flexibility index (Phi) is 5.24. The van der Waals surface area contributed by atoms with E-state index in [-0.39, 0.29) is 0 Å². The molecule has 0 amide bonds. The molecule has 0 saturated carbocycles. The van der Waals surface area contributed by atoms with Crippen LogP contribution < -0.4 is 10.6 Å². The van der Waals surface area contributed by atoms with E-state index in [2.05, 4.69) is 65.0 Å². The van der Waals surface area contributed by atoms with E-state index in [1.165, 1.54) is 4.90 Å². The van der Waals surface area contributed by atoms with Crippen LogP contribution in [-0.2, 0) is 6.42 Å². The molecule has 2 N–H and O–H groups in total.